The van der Waals surface area contributed by atoms with E-state index in [2.05, 4.69) is 35.0 Å². The topological polar surface area (TPSA) is 28.2 Å². The Morgan fingerprint density at radius 1 is 1.50 bits per heavy atom. The maximum Gasteiger partial charge on any atom is 0.124 e. The molecule has 3 nitrogen and oxygen atoms in total. The van der Waals surface area contributed by atoms with Crippen LogP contribution >= 0.6 is 11.3 Å². The fourth-order valence-electron chi connectivity index (χ4n) is 1.98. The Morgan fingerprint density at radius 3 is 2.75 bits per heavy atom. The van der Waals surface area contributed by atoms with Gasteiger partial charge in [0, 0.05) is 31.6 Å². The maximum absolute atomic E-state index is 5.36. The Bertz CT molecular complexity index is 397. The number of thiazole rings is 1. The van der Waals surface area contributed by atoms with E-state index in [4.69, 9.17) is 6.42 Å². The van der Waals surface area contributed by atoms with E-state index in [9.17, 15) is 0 Å². The van der Waals surface area contributed by atoms with Crippen molar-refractivity contribution in [3.05, 3.63) is 16.1 Å². The van der Waals surface area contributed by atoms with E-state index in [1.807, 2.05) is 5.38 Å². The van der Waals surface area contributed by atoms with Crippen molar-refractivity contribution in [2.45, 2.75) is 19.4 Å². The van der Waals surface area contributed by atoms with Gasteiger partial charge in [0.2, 0.25) is 0 Å². The van der Waals surface area contributed by atoms with Gasteiger partial charge in [0.1, 0.15) is 10.7 Å². The zero-order valence-corrected chi connectivity index (χ0v) is 10.6. The molecule has 0 spiro atoms. The molecule has 86 valence electrons. The largest absolute Gasteiger partial charge is 0.314 e. The molecule has 1 N–H and O–H groups in total. The minimum atomic E-state index is -0.0120. The highest BCUT2D eigenvalue weighted by molar-refractivity contribution is 7.09. The first kappa shape index (κ1) is 11.6. The van der Waals surface area contributed by atoms with Crippen molar-refractivity contribution < 1.29 is 0 Å². The summed E-state index contributed by atoms with van der Waals surface area (Å²) in [6.07, 6.45) is 5.36. The number of hydrogen-bond donors (Lipinski definition) is 1. The van der Waals surface area contributed by atoms with Crippen molar-refractivity contribution >= 4 is 11.3 Å². The van der Waals surface area contributed by atoms with Crippen molar-refractivity contribution in [1.29, 1.82) is 0 Å². The van der Waals surface area contributed by atoms with Gasteiger partial charge in [0.25, 0.3) is 0 Å². The van der Waals surface area contributed by atoms with Crippen LogP contribution in [0.3, 0.4) is 0 Å². The van der Waals surface area contributed by atoms with Gasteiger partial charge in [-0.2, -0.15) is 0 Å². The number of terminal acetylenes is 1. The van der Waals surface area contributed by atoms with Crippen LogP contribution in [0.15, 0.2) is 5.38 Å². The van der Waals surface area contributed by atoms with Crippen LogP contribution in [0.25, 0.3) is 0 Å². The fraction of sp³-hybridized carbons (Fsp3) is 0.583. The van der Waals surface area contributed by atoms with Crippen molar-refractivity contribution in [3.63, 3.8) is 0 Å². The minimum Gasteiger partial charge on any atom is -0.314 e. The van der Waals surface area contributed by atoms with Gasteiger partial charge in [-0.15, -0.1) is 17.8 Å². The molecule has 0 bridgehead atoms. The highest BCUT2D eigenvalue weighted by Crippen LogP contribution is 2.30. The Kier molecular flexibility index (Phi) is 3.29. The third-order valence-corrected chi connectivity index (χ3v) is 4.24. The van der Waals surface area contributed by atoms with Gasteiger partial charge in [-0.3, -0.25) is 4.90 Å². The zero-order chi connectivity index (χ0) is 11.6. The molecule has 2 heterocycles. The van der Waals surface area contributed by atoms with Gasteiger partial charge in [-0.05, 0) is 19.8 Å². The molecule has 1 aromatic heterocycles. The molecular weight excluding hydrogens is 218 g/mol. The second-order valence-electron chi connectivity index (χ2n) is 4.48. The molecule has 1 fully saturated rings. The Balaban J connectivity index is 2.19. The quantitative estimate of drug-likeness (QED) is 0.782. The highest BCUT2D eigenvalue weighted by atomic mass is 32.1. The molecule has 0 aromatic carbocycles. The number of aromatic nitrogens is 1. The first-order valence-corrected chi connectivity index (χ1v) is 6.41. The highest BCUT2D eigenvalue weighted by Gasteiger charge is 2.32. The molecule has 0 aliphatic carbocycles. The van der Waals surface area contributed by atoms with Gasteiger partial charge < -0.3 is 5.32 Å². The van der Waals surface area contributed by atoms with Crippen LogP contribution in [0.5, 0.6) is 0 Å². The molecule has 0 amide bonds. The third kappa shape index (κ3) is 2.12. The van der Waals surface area contributed by atoms with Gasteiger partial charge in [0.05, 0.1) is 5.54 Å². The van der Waals surface area contributed by atoms with Gasteiger partial charge in [-0.25, -0.2) is 4.98 Å². The second kappa shape index (κ2) is 4.54. The summed E-state index contributed by atoms with van der Waals surface area (Å²) in [5.74, 6) is 2.59. The molecular formula is C12H17N3S. The smallest absolute Gasteiger partial charge is 0.124 e. The van der Waals surface area contributed by atoms with Crippen LogP contribution in [0, 0.1) is 12.3 Å². The molecule has 0 atom stereocenters. The molecule has 4 heteroatoms. The van der Waals surface area contributed by atoms with Crippen LogP contribution < -0.4 is 5.32 Å². The summed E-state index contributed by atoms with van der Waals surface area (Å²) in [6, 6.07) is 0. The maximum atomic E-state index is 5.36. The average molecular weight is 235 g/mol. The van der Waals surface area contributed by atoms with Gasteiger partial charge in [-0.1, -0.05) is 0 Å². The van der Waals surface area contributed by atoms with Crippen LogP contribution in [0.1, 0.15) is 24.5 Å². The minimum absolute atomic E-state index is 0.0120. The van der Waals surface area contributed by atoms with Crippen LogP contribution in [0.2, 0.25) is 0 Å². The summed E-state index contributed by atoms with van der Waals surface area (Å²) in [6.45, 7) is 8.68. The molecule has 1 aromatic rings. The predicted octanol–water partition coefficient (Wildman–Crippen LogP) is 1.26. The Hall–Kier alpha value is -0.890. The number of nitrogens with one attached hydrogen (secondary N) is 1. The predicted molar refractivity (Wildman–Crippen MR) is 67.5 cm³/mol. The zero-order valence-electron chi connectivity index (χ0n) is 9.79. The molecule has 0 radical (unpaired) electrons. The molecule has 2 rings (SSSR count). The van der Waals surface area contributed by atoms with Crippen molar-refractivity contribution in [3.8, 4) is 12.3 Å². The molecule has 1 aliphatic heterocycles. The lowest BCUT2D eigenvalue weighted by molar-refractivity contribution is 0.102. The Morgan fingerprint density at radius 2 is 2.19 bits per heavy atom. The van der Waals surface area contributed by atoms with E-state index in [1.54, 1.807) is 11.3 Å². The summed E-state index contributed by atoms with van der Waals surface area (Å²) in [7, 11) is 0. The van der Waals surface area contributed by atoms with E-state index in [0.717, 1.165) is 36.9 Å². The van der Waals surface area contributed by atoms with E-state index < -0.39 is 0 Å². The Labute approximate surface area is 101 Å². The molecule has 16 heavy (non-hydrogen) atoms. The van der Waals surface area contributed by atoms with Crippen LogP contribution in [-0.2, 0) is 5.54 Å². The van der Waals surface area contributed by atoms with Crippen LogP contribution in [0.4, 0.5) is 0 Å². The normalized spacial score (nSPS) is 18.3. The molecule has 0 saturated carbocycles. The average Bonchev–Trinajstić information content (AvgIpc) is 2.79. The lowest BCUT2D eigenvalue weighted by Gasteiger charge is -2.39. The standard InChI is InChI=1S/C12H17N3S/c1-4-10-9-16-11(14-10)12(2,3)15-7-5-13-6-8-15/h1,9,13H,5-8H2,2-3H3. The molecule has 1 aliphatic rings. The van der Waals surface area contributed by atoms with E-state index in [-0.39, 0.29) is 5.54 Å². The number of piperazine rings is 1. The monoisotopic (exact) mass is 235 g/mol. The van der Waals surface area contributed by atoms with Gasteiger partial charge in [0.15, 0.2) is 0 Å². The number of nitrogens with zero attached hydrogens (tertiary/aromatic N) is 2. The lowest BCUT2D eigenvalue weighted by atomic mass is 10.0. The summed E-state index contributed by atoms with van der Waals surface area (Å²) in [4.78, 5) is 6.96. The summed E-state index contributed by atoms with van der Waals surface area (Å²) < 4.78 is 0. The molecule has 0 unspecified atom stereocenters. The van der Waals surface area contributed by atoms with Crippen molar-refractivity contribution in [2.75, 3.05) is 26.2 Å². The lowest BCUT2D eigenvalue weighted by Crippen LogP contribution is -2.51. The number of hydrogen-bond acceptors (Lipinski definition) is 4. The van der Waals surface area contributed by atoms with Gasteiger partial charge >= 0.3 is 0 Å². The fourth-order valence-corrected chi connectivity index (χ4v) is 2.89. The van der Waals surface area contributed by atoms with Crippen molar-refractivity contribution in [2.24, 2.45) is 0 Å². The third-order valence-electron chi connectivity index (χ3n) is 3.08. The first-order chi connectivity index (χ1) is 7.64. The second-order valence-corrected chi connectivity index (χ2v) is 5.34. The summed E-state index contributed by atoms with van der Waals surface area (Å²) >= 11 is 1.66. The van der Waals surface area contributed by atoms with Crippen LogP contribution in [-0.4, -0.2) is 36.1 Å². The van der Waals surface area contributed by atoms with E-state index in [0.29, 0.717) is 0 Å². The molecule has 1 saturated heterocycles. The summed E-state index contributed by atoms with van der Waals surface area (Å²) in [5.41, 5.74) is 0.741. The number of rotatable bonds is 2. The van der Waals surface area contributed by atoms with Crippen molar-refractivity contribution in [1.82, 2.24) is 15.2 Å². The summed E-state index contributed by atoms with van der Waals surface area (Å²) in [5, 5.41) is 6.43. The van der Waals surface area contributed by atoms with E-state index >= 15 is 0 Å². The van der Waals surface area contributed by atoms with E-state index in [1.165, 1.54) is 0 Å². The SMILES string of the molecule is C#Cc1csc(C(C)(C)N2CCNCC2)n1. The first-order valence-electron chi connectivity index (χ1n) is 5.53.